The van der Waals surface area contributed by atoms with Gasteiger partial charge in [-0.05, 0) is 79.5 Å². The Kier molecular flexibility index (Phi) is 5.64. The summed E-state index contributed by atoms with van der Waals surface area (Å²) in [5.41, 5.74) is 1.53. The Hall–Kier alpha value is -2.00. The van der Waals surface area contributed by atoms with Gasteiger partial charge in [-0.3, -0.25) is 9.59 Å². The summed E-state index contributed by atoms with van der Waals surface area (Å²) in [6.07, 6.45) is 5.38. The van der Waals surface area contributed by atoms with Gasteiger partial charge in [0.2, 0.25) is 0 Å². The maximum absolute atomic E-state index is 12.0. The number of ether oxygens (including phenoxy) is 1. The largest absolute Gasteiger partial charge is 0.456 e. The SMILES string of the molecule is Cc1cc(SC#N)ccc1NC(=O)COC(=O)C[C@@H]1C[C@H]2CC[C@@H]1C2. The molecule has 0 aromatic heterocycles. The van der Waals surface area contributed by atoms with Gasteiger partial charge in [0.05, 0.1) is 0 Å². The van der Waals surface area contributed by atoms with E-state index in [1.54, 1.807) is 12.1 Å². The first-order chi connectivity index (χ1) is 12.0. The Bertz CT molecular complexity index is 713. The van der Waals surface area contributed by atoms with Gasteiger partial charge in [0.15, 0.2) is 6.61 Å². The molecule has 2 bridgehead atoms. The number of carbonyl (C=O) groups is 2. The standard InChI is InChI=1S/C19H22N2O3S/c1-12-6-16(25-11-20)4-5-17(12)21-18(22)10-24-19(23)9-15-8-13-2-3-14(15)7-13/h4-6,13-15H,2-3,7-10H2,1H3,(H,21,22)/t13-,14+,15-/m0/s1. The van der Waals surface area contributed by atoms with Crippen LogP contribution < -0.4 is 5.32 Å². The van der Waals surface area contributed by atoms with Crippen molar-refractivity contribution in [3.8, 4) is 5.40 Å². The van der Waals surface area contributed by atoms with Crippen molar-refractivity contribution < 1.29 is 14.3 Å². The second-order valence-corrected chi connectivity index (χ2v) is 7.88. The molecule has 2 fully saturated rings. The average molecular weight is 358 g/mol. The smallest absolute Gasteiger partial charge is 0.306 e. The second kappa shape index (κ2) is 7.92. The highest BCUT2D eigenvalue weighted by molar-refractivity contribution is 8.03. The topological polar surface area (TPSA) is 79.2 Å². The maximum Gasteiger partial charge on any atom is 0.306 e. The third kappa shape index (κ3) is 4.55. The van der Waals surface area contributed by atoms with Gasteiger partial charge >= 0.3 is 5.97 Å². The number of benzene rings is 1. The zero-order valence-electron chi connectivity index (χ0n) is 14.3. The quantitative estimate of drug-likeness (QED) is 0.474. The van der Waals surface area contributed by atoms with Gasteiger partial charge in [0.1, 0.15) is 5.40 Å². The van der Waals surface area contributed by atoms with Crippen LogP contribution in [0.5, 0.6) is 0 Å². The van der Waals surface area contributed by atoms with Crippen LogP contribution in [-0.4, -0.2) is 18.5 Å². The summed E-state index contributed by atoms with van der Waals surface area (Å²) in [4.78, 5) is 24.8. The fourth-order valence-corrected chi connectivity index (χ4v) is 4.60. The van der Waals surface area contributed by atoms with Crippen molar-refractivity contribution in [3.63, 3.8) is 0 Å². The van der Waals surface area contributed by atoms with Crippen LogP contribution in [0.1, 0.15) is 37.7 Å². The number of aryl methyl sites for hydroxylation is 1. The predicted molar refractivity (Wildman–Crippen MR) is 95.8 cm³/mol. The van der Waals surface area contributed by atoms with Crippen molar-refractivity contribution >= 4 is 29.3 Å². The van der Waals surface area contributed by atoms with Gasteiger partial charge in [0, 0.05) is 17.0 Å². The van der Waals surface area contributed by atoms with Crippen LogP contribution in [0, 0.1) is 35.3 Å². The van der Waals surface area contributed by atoms with E-state index in [-0.39, 0.29) is 18.5 Å². The number of thioether (sulfide) groups is 1. The van der Waals surface area contributed by atoms with E-state index in [0.29, 0.717) is 23.9 Å². The van der Waals surface area contributed by atoms with Crippen molar-refractivity contribution in [2.24, 2.45) is 17.8 Å². The van der Waals surface area contributed by atoms with E-state index in [4.69, 9.17) is 10.00 Å². The number of nitrogens with one attached hydrogen (secondary N) is 1. The summed E-state index contributed by atoms with van der Waals surface area (Å²) in [6.45, 7) is 1.60. The van der Waals surface area contributed by atoms with Gasteiger partial charge in [-0.1, -0.05) is 6.42 Å². The van der Waals surface area contributed by atoms with E-state index < -0.39 is 0 Å². The maximum atomic E-state index is 12.0. The zero-order valence-corrected chi connectivity index (χ0v) is 15.1. The molecule has 6 heteroatoms. The van der Waals surface area contributed by atoms with Gasteiger partial charge < -0.3 is 10.1 Å². The lowest BCUT2D eigenvalue weighted by atomic mass is 9.86. The molecule has 25 heavy (non-hydrogen) atoms. The zero-order chi connectivity index (χ0) is 17.8. The van der Waals surface area contributed by atoms with Crippen molar-refractivity contribution in [3.05, 3.63) is 23.8 Å². The number of nitriles is 1. The van der Waals surface area contributed by atoms with Crippen LogP contribution in [0.3, 0.4) is 0 Å². The lowest BCUT2D eigenvalue weighted by Gasteiger charge is -2.20. The molecule has 0 saturated heterocycles. The fraction of sp³-hybridized carbons (Fsp3) is 0.526. The lowest BCUT2D eigenvalue weighted by molar-refractivity contribution is -0.148. The molecule has 3 atom stereocenters. The Balaban J connectivity index is 1.43. The molecule has 0 heterocycles. The Morgan fingerprint density at radius 1 is 1.36 bits per heavy atom. The number of carbonyl (C=O) groups excluding carboxylic acids is 2. The van der Waals surface area contributed by atoms with E-state index in [0.717, 1.165) is 34.6 Å². The number of fused-ring (bicyclic) bond motifs is 2. The molecule has 1 amide bonds. The lowest BCUT2D eigenvalue weighted by Crippen LogP contribution is -2.23. The normalized spacial score (nSPS) is 23.9. The van der Waals surface area contributed by atoms with Crippen molar-refractivity contribution in [2.75, 3.05) is 11.9 Å². The van der Waals surface area contributed by atoms with E-state index in [1.165, 1.54) is 19.3 Å². The van der Waals surface area contributed by atoms with Crippen LogP contribution in [0.4, 0.5) is 5.69 Å². The van der Waals surface area contributed by atoms with Crippen molar-refractivity contribution in [1.29, 1.82) is 5.26 Å². The van der Waals surface area contributed by atoms with Crippen LogP contribution in [-0.2, 0) is 14.3 Å². The number of thiocyanates is 1. The molecule has 0 unspecified atom stereocenters. The summed E-state index contributed by atoms with van der Waals surface area (Å²) in [6, 6.07) is 5.37. The molecule has 1 aromatic rings. The van der Waals surface area contributed by atoms with E-state index in [9.17, 15) is 9.59 Å². The minimum absolute atomic E-state index is 0.256. The molecule has 0 aliphatic heterocycles. The van der Waals surface area contributed by atoms with E-state index in [2.05, 4.69) is 5.32 Å². The van der Waals surface area contributed by atoms with Crippen LogP contribution >= 0.6 is 11.8 Å². The van der Waals surface area contributed by atoms with Gasteiger partial charge in [-0.25, -0.2) is 0 Å². The van der Waals surface area contributed by atoms with Gasteiger partial charge in [-0.2, -0.15) is 5.26 Å². The summed E-state index contributed by atoms with van der Waals surface area (Å²) in [7, 11) is 0. The van der Waals surface area contributed by atoms with Crippen molar-refractivity contribution in [2.45, 2.75) is 43.9 Å². The summed E-state index contributed by atoms with van der Waals surface area (Å²) < 4.78 is 5.15. The number of hydrogen-bond donors (Lipinski definition) is 1. The third-order valence-corrected chi connectivity index (χ3v) is 5.89. The molecular weight excluding hydrogens is 336 g/mol. The van der Waals surface area contributed by atoms with Crippen molar-refractivity contribution in [1.82, 2.24) is 0 Å². The number of nitrogens with zero attached hydrogens (tertiary/aromatic N) is 1. The molecule has 2 saturated carbocycles. The molecule has 3 rings (SSSR count). The molecule has 5 nitrogen and oxygen atoms in total. The van der Waals surface area contributed by atoms with Gasteiger partial charge in [0.25, 0.3) is 5.91 Å². The van der Waals surface area contributed by atoms with E-state index in [1.807, 2.05) is 18.4 Å². The van der Waals surface area contributed by atoms with Crippen LogP contribution in [0.15, 0.2) is 23.1 Å². The minimum atomic E-state index is -0.343. The summed E-state index contributed by atoms with van der Waals surface area (Å²) in [5.74, 6) is 1.31. The molecule has 1 N–H and O–H groups in total. The number of amides is 1. The molecular formula is C19H22N2O3S. The predicted octanol–water partition coefficient (Wildman–Crippen LogP) is 3.88. The van der Waals surface area contributed by atoms with Crippen LogP contribution in [0.2, 0.25) is 0 Å². The Morgan fingerprint density at radius 2 is 2.20 bits per heavy atom. The highest BCUT2D eigenvalue weighted by Crippen LogP contribution is 2.49. The fourth-order valence-electron chi connectivity index (χ4n) is 4.12. The molecule has 2 aliphatic carbocycles. The van der Waals surface area contributed by atoms with E-state index >= 15 is 0 Å². The monoisotopic (exact) mass is 358 g/mol. The third-order valence-electron chi connectivity index (χ3n) is 5.31. The average Bonchev–Trinajstić information content (AvgIpc) is 3.19. The summed E-state index contributed by atoms with van der Waals surface area (Å²) >= 11 is 1.07. The van der Waals surface area contributed by atoms with Gasteiger partial charge in [-0.15, -0.1) is 0 Å². The first-order valence-corrected chi connectivity index (χ1v) is 9.49. The number of esters is 1. The highest BCUT2D eigenvalue weighted by atomic mass is 32.2. The number of anilines is 1. The summed E-state index contributed by atoms with van der Waals surface area (Å²) in [5, 5.41) is 13.4. The Labute approximate surface area is 152 Å². The number of hydrogen-bond acceptors (Lipinski definition) is 5. The highest BCUT2D eigenvalue weighted by Gasteiger charge is 2.40. The second-order valence-electron chi connectivity index (χ2n) is 7.02. The number of rotatable bonds is 6. The first-order valence-electron chi connectivity index (χ1n) is 8.67. The van der Waals surface area contributed by atoms with Crippen LogP contribution in [0.25, 0.3) is 0 Å². The molecule has 0 radical (unpaired) electrons. The Morgan fingerprint density at radius 3 is 2.84 bits per heavy atom. The molecule has 2 aliphatic rings. The molecule has 0 spiro atoms. The first kappa shape index (κ1) is 17.8. The molecule has 132 valence electrons. The molecule has 1 aromatic carbocycles. The minimum Gasteiger partial charge on any atom is -0.456 e.